The lowest BCUT2D eigenvalue weighted by molar-refractivity contribution is -0.118. The molecule has 1 N–H and O–H groups in total. The summed E-state index contributed by atoms with van der Waals surface area (Å²) < 4.78 is 12.7. The molecule has 0 radical (unpaired) electrons. The van der Waals surface area contributed by atoms with Gasteiger partial charge in [-0.05, 0) is 48.6 Å². The van der Waals surface area contributed by atoms with Crippen LogP contribution in [0.1, 0.15) is 17.5 Å². The number of methoxy groups -OCH3 is 1. The third-order valence-electron chi connectivity index (χ3n) is 6.47. The fraction of sp³-hybridized carbons (Fsp3) is 0.276. The highest BCUT2D eigenvalue weighted by atomic mass is 16.5. The Morgan fingerprint density at radius 1 is 1.08 bits per heavy atom. The Labute approximate surface area is 210 Å². The van der Waals surface area contributed by atoms with E-state index in [1.807, 2.05) is 53.3 Å². The molecule has 1 amide bonds. The number of aliphatic imine (C=N–C) groups is 1. The summed E-state index contributed by atoms with van der Waals surface area (Å²) in [6, 6.07) is 22.2. The summed E-state index contributed by atoms with van der Waals surface area (Å²) in [5.74, 6) is 0.369. The van der Waals surface area contributed by atoms with Gasteiger partial charge in [-0.2, -0.15) is 5.10 Å². The maximum atomic E-state index is 13.2. The Kier molecular flexibility index (Phi) is 7.38. The third-order valence-corrected chi connectivity index (χ3v) is 6.47. The van der Waals surface area contributed by atoms with Gasteiger partial charge in [-0.1, -0.05) is 42.5 Å². The van der Waals surface area contributed by atoms with Crippen molar-refractivity contribution in [2.45, 2.75) is 25.8 Å². The first-order valence-electron chi connectivity index (χ1n) is 12.3. The summed E-state index contributed by atoms with van der Waals surface area (Å²) in [5, 5.41) is 8.64. The number of benzene rings is 3. The Bertz CT molecular complexity index is 1360. The molecule has 1 aliphatic rings. The number of nitrogens with zero attached hydrogens (tertiary/aromatic N) is 3. The molecule has 0 fully saturated rings. The van der Waals surface area contributed by atoms with Gasteiger partial charge in [-0.25, -0.2) is 0 Å². The van der Waals surface area contributed by atoms with Crippen molar-refractivity contribution in [1.29, 1.82) is 0 Å². The first-order chi connectivity index (χ1) is 17.7. The lowest BCUT2D eigenvalue weighted by atomic mass is 10.00. The van der Waals surface area contributed by atoms with Crippen molar-refractivity contribution in [3.05, 3.63) is 84.1 Å². The average Bonchev–Trinajstić information content (AvgIpc) is 3.21. The number of hydrogen-bond acceptors (Lipinski definition) is 5. The van der Waals surface area contributed by atoms with Crippen molar-refractivity contribution in [2.24, 2.45) is 10.9 Å². The number of rotatable bonds is 9. The fourth-order valence-corrected chi connectivity index (χ4v) is 4.46. The topological polar surface area (TPSA) is 77.7 Å². The monoisotopic (exact) mass is 482 g/mol. The van der Waals surface area contributed by atoms with Gasteiger partial charge in [0.15, 0.2) is 0 Å². The van der Waals surface area contributed by atoms with E-state index in [1.54, 1.807) is 13.3 Å². The molecule has 5 rings (SSSR count). The molecule has 3 aromatic carbocycles. The zero-order valence-electron chi connectivity index (χ0n) is 20.4. The van der Waals surface area contributed by atoms with Gasteiger partial charge >= 0.3 is 0 Å². The SMILES string of the molecule is COCCOc1ccc2c(c1)N=CC(C(=O)Nc1cccc3c1cnn3CCc1ccccc1)CC2. The quantitative estimate of drug-likeness (QED) is 0.332. The maximum Gasteiger partial charge on any atom is 0.232 e. The first kappa shape index (κ1) is 23.8. The Morgan fingerprint density at radius 3 is 2.83 bits per heavy atom. The van der Waals surface area contributed by atoms with Gasteiger partial charge in [0.1, 0.15) is 12.4 Å². The van der Waals surface area contributed by atoms with Gasteiger partial charge in [0.25, 0.3) is 0 Å². The second-order valence-corrected chi connectivity index (χ2v) is 8.89. The summed E-state index contributed by atoms with van der Waals surface area (Å²) >= 11 is 0. The summed E-state index contributed by atoms with van der Waals surface area (Å²) in [5.41, 5.74) is 5.01. The van der Waals surface area contributed by atoms with E-state index in [-0.39, 0.29) is 11.8 Å². The lowest BCUT2D eigenvalue weighted by Crippen LogP contribution is -2.24. The molecule has 2 heterocycles. The number of hydrogen-bond donors (Lipinski definition) is 1. The van der Waals surface area contributed by atoms with Crippen molar-refractivity contribution < 1.29 is 14.3 Å². The van der Waals surface area contributed by atoms with Crippen LogP contribution in [0.4, 0.5) is 11.4 Å². The molecule has 0 spiro atoms. The molecule has 0 saturated carbocycles. The zero-order chi connectivity index (χ0) is 24.7. The van der Waals surface area contributed by atoms with E-state index in [0.717, 1.165) is 53.0 Å². The Morgan fingerprint density at radius 2 is 1.97 bits per heavy atom. The highest BCUT2D eigenvalue weighted by Crippen LogP contribution is 2.30. The minimum absolute atomic E-state index is 0.0624. The molecule has 1 unspecified atom stereocenters. The highest BCUT2D eigenvalue weighted by molar-refractivity contribution is 6.07. The predicted octanol–water partition coefficient (Wildman–Crippen LogP) is 5.21. The molecular weight excluding hydrogens is 452 g/mol. The van der Waals surface area contributed by atoms with E-state index >= 15 is 0 Å². The normalized spacial score (nSPS) is 14.9. The largest absolute Gasteiger partial charge is 0.491 e. The number of anilines is 1. The predicted molar refractivity (Wildman–Crippen MR) is 142 cm³/mol. The molecule has 36 heavy (non-hydrogen) atoms. The van der Waals surface area contributed by atoms with E-state index in [0.29, 0.717) is 19.6 Å². The number of fused-ring (bicyclic) bond motifs is 2. The summed E-state index contributed by atoms with van der Waals surface area (Å²) in [6.45, 7) is 1.79. The third kappa shape index (κ3) is 5.47. The van der Waals surface area contributed by atoms with Crippen LogP contribution in [0.15, 0.2) is 77.9 Å². The van der Waals surface area contributed by atoms with E-state index in [4.69, 9.17) is 9.47 Å². The van der Waals surface area contributed by atoms with Crippen molar-refractivity contribution in [2.75, 3.05) is 25.6 Å². The molecule has 0 saturated heterocycles. The molecule has 1 aromatic heterocycles. The Balaban J connectivity index is 1.26. The molecule has 1 atom stereocenters. The minimum Gasteiger partial charge on any atom is -0.491 e. The second kappa shape index (κ2) is 11.2. The van der Waals surface area contributed by atoms with Gasteiger partial charge in [0.05, 0.1) is 35.6 Å². The van der Waals surface area contributed by atoms with Gasteiger partial charge in [-0.3, -0.25) is 14.5 Å². The van der Waals surface area contributed by atoms with E-state index in [2.05, 4.69) is 39.7 Å². The number of aryl methyl sites for hydroxylation is 3. The van der Waals surface area contributed by atoms with Gasteiger partial charge in [-0.15, -0.1) is 0 Å². The Hall–Kier alpha value is -3.97. The molecular formula is C29H30N4O3. The van der Waals surface area contributed by atoms with E-state index < -0.39 is 0 Å². The zero-order valence-corrected chi connectivity index (χ0v) is 20.4. The number of carbonyl (C=O) groups is 1. The van der Waals surface area contributed by atoms with Crippen LogP contribution in [0.25, 0.3) is 10.9 Å². The summed E-state index contributed by atoms with van der Waals surface area (Å²) in [7, 11) is 1.65. The van der Waals surface area contributed by atoms with Crippen LogP contribution in [0.5, 0.6) is 5.75 Å². The van der Waals surface area contributed by atoms with Crippen LogP contribution in [0.2, 0.25) is 0 Å². The smallest absolute Gasteiger partial charge is 0.232 e. The van der Waals surface area contributed by atoms with Crippen molar-refractivity contribution in [3.8, 4) is 5.75 Å². The van der Waals surface area contributed by atoms with Crippen molar-refractivity contribution in [1.82, 2.24) is 9.78 Å². The molecule has 1 aliphatic heterocycles. The minimum atomic E-state index is -0.321. The van der Waals surface area contributed by atoms with Gasteiger partial charge < -0.3 is 14.8 Å². The highest BCUT2D eigenvalue weighted by Gasteiger charge is 2.21. The van der Waals surface area contributed by atoms with Crippen LogP contribution < -0.4 is 10.1 Å². The fourth-order valence-electron chi connectivity index (χ4n) is 4.46. The standard InChI is InChI=1S/C29H30N4O3/c1-35-16-17-36-24-13-12-22-10-11-23(19-30-27(22)18-24)29(34)32-26-8-5-9-28-25(26)20-31-33(28)15-14-21-6-3-2-4-7-21/h2-9,12-13,18-20,23H,10-11,14-17H2,1H3,(H,32,34). The van der Waals surface area contributed by atoms with Crippen LogP contribution in [-0.4, -0.2) is 42.2 Å². The first-order valence-corrected chi connectivity index (χ1v) is 12.3. The van der Waals surface area contributed by atoms with Gasteiger partial charge in [0, 0.05) is 31.3 Å². The van der Waals surface area contributed by atoms with Crippen LogP contribution in [0.3, 0.4) is 0 Å². The number of amides is 1. The molecule has 7 heteroatoms. The van der Waals surface area contributed by atoms with Crippen molar-refractivity contribution >= 4 is 34.4 Å². The number of carbonyl (C=O) groups excluding carboxylic acids is 1. The summed E-state index contributed by atoms with van der Waals surface area (Å²) in [6.07, 6.45) is 5.94. The number of ether oxygens (including phenoxy) is 2. The average molecular weight is 483 g/mol. The molecule has 0 aliphatic carbocycles. The van der Waals surface area contributed by atoms with Crippen LogP contribution >= 0.6 is 0 Å². The van der Waals surface area contributed by atoms with E-state index in [9.17, 15) is 4.79 Å². The molecule has 184 valence electrons. The maximum absolute atomic E-state index is 13.2. The van der Waals surface area contributed by atoms with Crippen LogP contribution in [0, 0.1) is 5.92 Å². The molecule has 0 bridgehead atoms. The van der Waals surface area contributed by atoms with Crippen LogP contribution in [-0.2, 0) is 28.9 Å². The van der Waals surface area contributed by atoms with Gasteiger partial charge in [0.2, 0.25) is 5.91 Å². The number of nitrogens with one attached hydrogen (secondary N) is 1. The van der Waals surface area contributed by atoms with E-state index in [1.165, 1.54) is 5.56 Å². The lowest BCUT2D eigenvalue weighted by Gasteiger charge is -2.12. The number of aromatic nitrogens is 2. The molecule has 7 nitrogen and oxygen atoms in total. The second-order valence-electron chi connectivity index (χ2n) is 8.89. The molecule has 4 aromatic rings. The summed E-state index contributed by atoms with van der Waals surface area (Å²) in [4.78, 5) is 17.8. The van der Waals surface area contributed by atoms with Crippen molar-refractivity contribution in [3.63, 3.8) is 0 Å².